The molecular formula is C18H17ClOS. The maximum absolute atomic E-state index is 12.4. The van der Waals surface area contributed by atoms with Gasteiger partial charge in [0.2, 0.25) is 0 Å². The molecule has 108 valence electrons. The molecule has 2 aromatic rings. The number of benzene rings is 2. The molecule has 1 heterocycles. The third kappa shape index (κ3) is 3.17. The Labute approximate surface area is 134 Å². The molecule has 2 aromatic carbocycles. The Morgan fingerprint density at radius 2 is 1.67 bits per heavy atom. The summed E-state index contributed by atoms with van der Waals surface area (Å²) in [6.45, 7) is 2.05. The molecule has 1 saturated heterocycles. The minimum atomic E-state index is 0.0703. The fourth-order valence-electron chi connectivity index (χ4n) is 2.76. The molecule has 3 rings (SSSR count). The summed E-state index contributed by atoms with van der Waals surface area (Å²) in [5, 5.41) is 1.18. The average molecular weight is 317 g/mol. The minimum Gasteiger partial charge on any atom is -0.299 e. The van der Waals surface area contributed by atoms with E-state index >= 15 is 0 Å². The van der Waals surface area contributed by atoms with Crippen LogP contribution in [0.4, 0.5) is 0 Å². The normalized spacial score (nSPS) is 25.8. The molecule has 1 nitrogen and oxygen atoms in total. The number of rotatable bonds is 2. The molecule has 3 atom stereocenters. The van der Waals surface area contributed by atoms with E-state index in [1.807, 2.05) is 61.2 Å². The Kier molecular flexibility index (Phi) is 4.37. The van der Waals surface area contributed by atoms with Gasteiger partial charge in [-0.05, 0) is 23.3 Å². The Hall–Kier alpha value is -1.25. The minimum absolute atomic E-state index is 0.0703. The first-order valence-electron chi connectivity index (χ1n) is 7.14. The van der Waals surface area contributed by atoms with Crippen LogP contribution in [0.3, 0.4) is 0 Å². The number of hydrogen-bond donors (Lipinski definition) is 0. The Morgan fingerprint density at radius 1 is 1.00 bits per heavy atom. The molecule has 0 unspecified atom stereocenters. The zero-order valence-electron chi connectivity index (χ0n) is 11.8. The molecule has 0 bridgehead atoms. The van der Waals surface area contributed by atoms with E-state index in [4.69, 9.17) is 11.6 Å². The van der Waals surface area contributed by atoms with Gasteiger partial charge < -0.3 is 0 Å². The van der Waals surface area contributed by atoms with E-state index < -0.39 is 0 Å². The van der Waals surface area contributed by atoms with Crippen molar-refractivity contribution >= 4 is 29.1 Å². The van der Waals surface area contributed by atoms with E-state index in [1.165, 1.54) is 11.1 Å². The standard InChI is InChI=1S/C18H17ClOS/c1-12-16(20)11-17(13-7-9-15(19)10-8-13)21-18(12)14-5-3-2-4-6-14/h2-10,12,17-18H,11H2,1H3/t12-,17+,18-/m1/s1. The van der Waals surface area contributed by atoms with E-state index in [1.54, 1.807) is 0 Å². The Morgan fingerprint density at radius 3 is 2.33 bits per heavy atom. The third-order valence-electron chi connectivity index (χ3n) is 4.03. The van der Waals surface area contributed by atoms with Crippen molar-refractivity contribution in [3.8, 4) is 0 Å². The summed E-state index contributed by atoms with van der Waals surface area (Å²) in [4.78, 5) is 12.4. The molecule has 0 N–H and O–H groups in total. The fourth-order valence-corrected chi connectivity index (χ4v) is 4.52. The molecule has 0 spiro atoms. The van der Waals surface area contributed by atoms with Crippen molar-refractivity contribution in [3.05, 3.63) is 70.7 Å². The second-order valence-corrected chi connectivity index (χ2v) is 7.25. The summed E-state index contributed by atoms with van der Waals surface area (Å²) in [5.41, 5.74) is 2.42. The molecule has 21 heavy (non-hydrogen) atoms. The summed E-state index contributed by atoms with van der Waals surface area (Å²) in [6, 6.07) is 18.2. The molecule has 1 aliphatic rings. The predicted octanol–water partition coefficient (Wildman–Crippen LogP) is 5.46. The van der Waals surface area contributed by atoms with Crippen LogP contribution in [-0.2, 0) is 4.79 Å². The summed E-state index contributed by atoms with van der Waals surface area (Å²) in [5.74, 6) is 0.420. The van der Waals surface area contributed by atoms with Crippen molar-refractivity contribution in [2.75, 3.05) is 0 Å². The van der Waals surface area contributed by atoms with E-state index in [9.17, 15) is 4.79 Å². The smallest absolute Gasteiger partial charge is 0.138 e. The van der Waals surface area contributed by atoms with Crippen molar-refractivity contribution in [2.24, 2.45) is 5.92 Å². The first-order valence-corrected chi connectivity index (χ1v) is 8.46. The number of ketones is 1. The van der Waals surface area contributed by atoms with Gasteiger partial charge in [-0.2, -0.15) is 0 Å². The number of carbonyl (C=O) groups is 1. The van der Waals surface area contributed by atoms with Crippen LogP contribution in [0.25, 0.3) is 0 Å². The number of Topliss-reactive ketones (excluding diaryl/α,β-unsaturated/α-hetero) is 1. The van der Waals surface area contributed by atoms with Crippen LogP contribution in [0.1, 0.15) is 35.0 Å². The largest absolute Gasteiger partial charge is 0.299 e. The number of carbonyl (C=O) groups excluding carboxylic acids is 1. The van der Waals surface area contributed by atoms with Crippen LogP contribution in [-0.4, -0.2) is 5.78 Å². The number of hydrogen-bond acceptors (Lipinski definition) is 2. The van der Waals surface area contributed by atoms with Gasteiger partial charge >= 0.3 is 0 Å². The van der Waals surface area contributed by atoms with Crippen LogP contribution in [0, 0.1) is 5.92 Å². The van der Waals surface area contributed by atoms with Gasteiger partial charge in [-0.15, -0.1) is 11.8 Å². The lowest BCUT2D eigenvalue weighted by atomic mass is 9.92. The average Bonchev–Trinajstić information content (AvgIpc) is 2.51. The topological polar surface area (TPSA) is 17.1 Å². The molecule has 0 saturated carbocycles. The SMILES string of the molecule is C[C@@H]1C(=O)C[C@@H](c2ccc(Cl)cc2)S[C@H]1c1ccccc1. The molecule has 0 aliphatic carbocycles. The number of thioether (sulfide) groups is 1. The van der Waals surface area contributed by atoms with Crippen LogP contribution < -0.4 is 0 Å². The van der Waals surface area contributed by atoms with Gasteiger partial charge in [0.15, 0.2) is 0 Å². The summed E-state index contributed by atoms with van der Waals surface area (Å²) in [6.07, 6.45) is 0.608. The Balaban J connectivity index is 1.88. The highest BCUT2D eigenvalue weighted by atomic mass is 35.5. The van der Waals surface area contributed by atoms with Gasteiger partial charge in [0.05, 0.1) is 0 Å². The van der Waals surface area contributed by atoms with Gasteiger partial charge in [-0.3, -0.25) is 4.79 Å². The zero-order chi connectivity index (χ0) is 14.8. The van der Waals surface area contributed by atoms with Crippen LogP contribution >= 0.6 is 23.4 Å². The van der Waals surface area contributed by atoms with Gasteiger partial charge in [0.1, 0.15) is 5.78 Å². The van der Waals surface area contributed by atoms with Gasteiger partial charge in [-0.25, -0.2) is 0 Å². The summed E-state index contributed by atoms with van der Waals surface area (Å²) < 4.78 is 0. The quantitative estimate of drug-likeness (QED) is 0.731. The molecule has 0 radical (unpaired) electrons. The summed E-state index contributed by atoms with van der Waals surface area (Å²) in [7, 11) is 0. The second kappa shape index (κ2) is 6.25. The van der Waals surface area contributed by atoms with Crippen molar-refractivity contribution in [3.63, 3.8) is 0 Å². The van der Waals surface area contributed by atoms with Crippen LogP contribution in [0.5, 0.6) is 0 Å². The molecule has 1 fully saturated rings. The highest BCUT2D eigenvalue weighted by Gasteiger charge is 2.35. The van der Waals surface area contributed by atoms with Gasteiger partial charge in [0.25, 0.3) is 0 Å². The lowest BCUT2D eigenvalue weighted by Crippen LogP contribution is -2.25. The maximum Gasteiger partial charge on any atom is 0.138 e. The number of halogens is 1. The second-order valence-electron chi connectivity index (χ2n) is 5.47. The van der Waals surface area contributed by atoms with Crippen molar-refractivity contribution in [1.29, 1.82) is 0 Å². The Bertz CT molecular complexity index is 623. The molecule has 3 heteroatoms. The molecular weight excluding hydrogens is 300 g/mol. The molecule has 0 amide bonds. The van der Waals surface area contributed by atoms with Gasteiger partial charge in [0, 0.05) is 27.9 Å². The van der Waals surface area contributed by atoms with Crippen LogP contribution in [0.15, 0.2) is 54.6 Å². The molecule has 1 aliphatic heterocycles. The van der Waals surface area contributed by atoms with Crippen LogP contribution in [0.2, 0.25) is 5.02 Å². The van der Waals surface area contributed by atoms with E-state index in [0.717, 1.165) is 5.02 Å². The lowest BCUT2D eigenvalue weighted by molar-refractivity contribution is -0.122. The fraction of sp³-hybridized carbons (Fsp3) is 0.278. The van der Waals surface area contributed by atoms with Crippen molar-refractivity contribution in [2.45, 2.75) is 23.8 Å². The van der Waals surface area contributed by atoms with Crippen molar-refractivity contribution < 1.29 is 4.79 Å². The predicted molar refractivity (Wildman–Crippen MR) is 89.8 cm³/mol. The highest BCUT2D eigenvalue weighted by molar-refractivity contribution is 7.99. The van der Waals surface area contributed by atoms with E-state index in [-0.39, 0.29) is 16.4 Å². The molecule has 0 aromatic heterocycles. The summed E-state index contributed by atoms with van der Waals surface area (Å²) >= 11 is 7.84. The third-order valence-corrected chi connectivity index (χ3v) is 6.02. The van der Waals surface area contributed by atoms with Crippen molar-refractivity contribution in [1.82, 2.24) is 0 Å². The first-order chi connectivity index (χ1) is 10.1. The maximum atomic E-state index is 12.4. The first kappa shape index (κ1) is 14.7. The zero-order valence-corrected chi connectivity index (χ0v) is 13.4. The lowest BCUT2D eigenvalue weighted by Gasteiger charge is -2.33. The van der Waals surface area contributed by atoms with Gasteiger partial charge in [-0.1, -0.05) is 61.0 Å². The van der Waals surface area contributed by atoms with E-state index in [2.05, 4.69) is 12.1 Å². The van der Waals surface area contributed by atoms with E-state index in [0.29, 0.717) is 12.2 Å². The monoisotopic (exact) mass is 316 g/mol. The highest BCUT2D eigenvalue weighted by Crippen LogP contribution is 2.51.